The average Bonchev–Trinajstić information content (AvgIpc) is 3.47. The Morgan fingerprint density at radius 2 is 1.74 bits per heavy atom. The number of carbonyl (C=O) groups is 1. The number of fused-ring (bicyclic) bond motifs is 1. The molecule has 0 saturated heterocycles. The quantitative estimate of drug-likeness (QED) is 0.330. The Hall–Kier alpha value is -4.24. The molecule has 0 spiro atoms. The molecule has 1 amide bonds. The predicted octanol–water partition coefficient (Wildman–Crippen LogP) is 5.11. The van der Waals surface area contributed by atoms with Gasteiger partial charge in [-0.25, -0.2) is 17.8 Å². The van der Waals surface area contributed by atoms with Crippen LogP contribution in [-0.2, 0) is 22.0 Å². The zero-order valence-electron chi connectivity index (χ0n) is 18.4. The molecule has 5 aromatic rings. The molecule has 2 N–H and O–H groups in total. The van der Waals surface area contributed by atoms with E-state index in [2.05, 4.69) is 15.3 Å². The van der Waals surface area contributed by atoms with Crippen LogP contribution in [0.3, 0.4) is 0 Å². The number of rotatable bonds is 7. The number of hydrogen-bond donors (Lipinski definition) is 2. The highest BCUT2D eigenvalue weighted by molar-refractivity contribution is 7.90. The lowest BCUT2D eigenvalue weighted by Crippen LogP contribution is -2.14. The van der Waals surface area contributed by atoms with Gasteiger partial charge in [-0.3, -0.25) is 4.79 Å². The number of amides is 1. The molecule has 0 bridgehead atoms. The number of aromatic amines is 1. The van der Waals surface area contributed by atoms with Crippen LogP contribution in [0.25, 0.3) is 11.0 Å². The highest BCUT2D eigenvalue weighted by Gasteiger charge is 2.22. The lowest BCUT2D eigenvalue weighted by atomic mass is 10.1. The number of halogens is 1. The second-order valence-corrected chi connectivity index (χ2v) is 9.97. The van der Waals surface area contributed by atoms with E-state index in [-0.39, 0.29) is 27.8 Å². The zero-order chi connectivity index (χ0) is 24.4. The Kier molecular flexibility index (Phi) is 5.92. The largest absolute Gasteiger partial charge is 0.459 e. The molecular weight excluding hydrogens is 469 g/mol. The van der Waals surface area contributed by atoms with Crippen molar-refractivity contribution >= 4 is 32.5 Å². The molecule has 0 atom stereocenters. The monoisotopic (exact) mass is 489 g/mol. The summed E-state index contributed by atoms with van der Waals surface area (Å²) in [6.07, 6.45) is 1.59. The lowest BCUT2D eigenvalue weighted by Gasteiger charge is -2.07. The number of benzene rings is 3. The molecule has 2 aromatic heterocycles. The van der Waals surface area contributed by atoms with E-state index in [1.165, 1.54) is 30.5 Å². The molecule has 0 aliphatic carbocycles. The fourth-order valence-corrected chi connectivity index (χ4v) is 5.17. The molecule has 0 radical (unpaired) electrons. The summed E-state index contributed by atoms with van der Waals surface area (Å²) >= 11 is 0. The number of furan rings is 1. The lowest BCUT2D eigenvalue weighted by molar-refractivity contribution is 0.0996. The van der Waals surface area contributed by atoms with Crippen molar-refractivity contribution in [2.75, 3.05) is 5.32 Å². The number of sulfone groups is 1. The Morgan fingerprint density at radius 3 is 2.54 bits per heavy atom. The molecule has 2 heterocycles. The normalized spacial score (nSPS) is 11.6. The Labute approximate surface area is 200 Å². The summed E-state index contributed by atoms with van der Waals surface area (Å²) in [5.74, 6) is -0.722. The van der Waals surface area contributed by atoms with Gasteiger partial charge >= 0.3 is 0 Å². The van der Waals surface area contributed by atoms with E-state index in [1.54, 1.807) is 54.6 Å². The summed E-state index contributed by atoms with van der Waals surface area (Å²) in [6, 6.07) is 21.1. The van der Waals surface area contributed by atoms with Gasteiger partial charge in [0.15, 0.2) is 15.6 Å². The predicted molar refractivity (Wildman–Crippen MR) is 129 cm³/mol. The van der Waals surface area contributed by atoms with E-state index in [0.717, 1.165) is 0 Å². The molecule has 0 saturated carbocycles. The van der Waals surface area contributed by atoms with Gasteiger partial charge in [-0.15, -0.1) is 0 Å². The summed E-state index contributed by atoms with van der Waals surface area (Å²) in [7, 11) is -3.65. The Bertz CT molecular complexity index is 1620. The van der Waals surface area contributed by atoms with Gasteiger partial charge in [0, 0.05) is 17.7 Å². The fourth-order valence-electron chi connectivity index (χ4n) is 3.80. The van der Waals surface area contributed by atoms with Gasteiger partial charge in [0.2, 0.25) is 0 Å². The second-order valence-electron chi connectivity index (χ2n) is 7.98. The third-order valence-corrected chi connectivity index (χ3v) is 7.19. The zero-order valence-corrected chi connectivity index (χ0v) is 19.2. The van der Waals surface area contributed by atoms with Gasteiger partial charge in [0.25, 0.3) is 5.91 Å². The van der Waals surface area contributed by atoms with Crippen LogP contribution in [0.2, 0.25) is 0 Å². The number of aromatic nitrogens is 2. The molecule has 9 heteroatoms. The molecule has 0 aliphatic rings. The Morgan fingerprint density at radius 1 is 0.971 bits per heavy atom. The number of carbonyl (C=O) groups excluding carboxylic acids is 1. The number of H-pyrrole nitrogens is 1. The molecule has 0 unspecified atom stereocenters. The first kappa shape index (κ1) is 22.5. The van der Waals surface area contributed by atoms with Gasteiger partial charge < -0.3 is 14.7 Å². The van der Waals surface area contributed by atoms with E-state index in [0.29, 0.717) is 34.5 Å². The molecule has 7 nitrogen and oxygen atoms in total. The third-order valence-electron chi connectivity index (χ3n) is 5.51. The molecule has 0 fully saturated rings. The van der Waals surface area contributed by atoms with E-state index < -0.39 is 15.7 Å². The van der Waals surface area contributed by atoms with Crippen molar-refractivity contribution in [3.05, 3.63) is 114 Å². The highest BCUT2D eigenvalue weighted by atomic mass is 32.2. The SMILES string of the molecule is O=C(Nc1ccc2nc(Cc3ccccc3F)[nH]c2c1)c1occc1CS(=O)(=O)c1ccccc1. The molecule has 0 aliphatic heterocycles. The third kappa shape index (κ3) is 4.85. The average molecular weight is 490 g/mol. The van der Waals surface area contributed by atoms with Crippen molar-refractivity contribution < 1.29 is 22.0 Å². The first-order valence-electron chi connectivity index (χ1n) is 10.8. The van der Waals surface area contributed by atoms with E-state index in [1.807, 2.05) is 0 Å². The minimum atomic E-state index is -3.65. The van der Waals surface area contributed by atoms with Crippen molar-refractivity contribution in [2.24, 2.45) is 0 Å². The number of nitrogens with zero attached hydrogens (tertiary/aromatic N) is 1. The summed E-state index contributed by atoms with van der Waals surface area (Å²) < 4.78 is 44.7. The van der Waals surface area contributed by atoms with Crippen LogP contribution < -0.4 is 5.32 Å². The summed E-state index contributed by atoms with van der Waals surface area (Å²) in [4.78, 5) is 20.7. The number of nitrogens with one attached hydrogen (secondary N) is 2. The number of hydrogen-bond acceptors (Lipinski definition) is 5. The van der Waals surface area contributed by atoms with Gasteiger partial charge in [0.1, 0.15) is 11.6 Å². The molecule has 3 aromatic carbocycles. The van der Waals surface area contributed by atoms with Crippen molar-refractivity contribution in [3.8, 4) is 0 Å². The highest BCUT2D eigenvalue weighted by Crippen LogP contribution is 2.23. The van der Waals surface area contributed by atoms with Crippen molar-refractivity contribution in [2.45, 2.75) is 17.1 Å². The maximum absolute atomic E-state index is 14.0. The standard InChI is InChI=1S/C26H20FN3O4S/c27-21-9-5-4-6-17(21)14-24-29-22-11-10-19(15-23(22)30-24)28-26(31)25-18(12-13-34-25)16-35(32,33)20-7-2-1-3-8-20/h1-13,15H,14,16H2,(H,28,31)(H,29,30). The van der Waals surface area contributed by atoms with Gasteiger partial charge in [-0.05, 0) is 48.0 Å². The van der Waals surface area contributed by atoms with Crippen LogP contribution >= 0.6 is 0 Å². The smallest absolute Gasteiger partial charge is 0.291 e. The maximum Gasteiger partial charge on any atom is 0.291 e. The topological polar surface area (TPSA) is 105 Å². The number of imidazole rings is 1. The van der Waals surface area contributed by atoms with Crippen LogP contribution in [0.1, 0.15) is 27.5 Å². The van der Waals surface area contributed by atoms with Crippen LogP contribution in [-0.4, -0.2) is 24.3 Å². The van der Waals surface area contributed by atoms with E-state index in [9.17, 15) is 17.6 Å². The molecule has 176 valence electrons. The first-order valence-corrected chi connectivity index (χ1v) is 12.4. The first-order chi connectivity index (χ1) is 16.9. The minimum Gasteiger partial charge on any atom is -0.459 e. The molecule has 35 heavy (non-hydrogen) atoms. The van der Waals surface area contributed by atoms with Gasteiger partial charge in [-0.1, -0.05) is 36.4 Å². The van der Waals surface area contributed by atoms with Crippen LogP contribution in [0.15, 0.2) is 94.4 Å². The maximum atomic E-state index is 14.0. The second kappa shape index (κ2) is 9.19. The van der Waals surface area contributed by atoms with Crippen LogP contribution in [0.5, 0.6) is 0 Å². The molecule has 5 rings (SSSR count). The van der Waals surface area contributed by atoms with Crippen molar-refractivity contribution in [1.82, 2.24) is 9.97 Å². The molecular formula is C26H20FN3O4S. The van der Waals surface area contributed by atoms with E-state index in [4.69, 9.17) is 4.42 Å². The van der Waals surface area contributed by atoms with E-state index >= 15 is 0 Å². The van der Waals surface area contributed by atoms with Gasteiger partial charge in [0.05, 0.1) is 27.9 Å². The van der Waals surface area contributed by atoms with Crippen molar-refractivity contribution in [1.29, 1.82) is 0 Å². The Balaban J connectivity index is 1.33. The minimum absolute atomic E-state index is 0.0746. The summed E-state index contributed by atoms with van der Waals surface area (Å²) in [6.45, 7) is 0. The summed E-state index contributed by atoms with van der Waals surface area (Å²) in [5, 5.41) is 2.74. The van der Waals surface area contributed by atoms with Gasteiger partial charge in [-0.2, -0.15) is 0 Å². The summed E-state index contributed by atoms with van der Waals surface area (Å²) in [5.41, 5.74) is 2.59. The van der Waals surface area contributed by atoms with Crippen LogP contribution in [0, 0.1) is 5.82 Å². The fraction of sp³-hybridized carbons (Fsp3) is 0.0769. The van der Waals surface area contributed by atoms with Crippen LogP contribution in [0.4, 0.5) is 10.1 Å². The van der Waals surface area contributed by atoms with Crippen molar-refractivity contribution in [3.63, 3.8) is 0 Å². The number of anilines is 1.